The number of hydrogen-bond acceptors (Lipinski definition) is 4. The fraction of sp³-hybridized carbons (Fsp3) is 0.0385. The van der Waals surface area contributed by atoms with Crippen LogP contribution >= 0.6 is 23.2 Å². The Bertz CT molecular complexity index is 1490. The molecule has 1 N–H and O–H groups in total. The normalized spacial score (nSPS) is 11.2. The molecular weight excluding hydrogens is 489 g/mol. The molecule has 9 heteroatoms. The van der Waals surface area contributed by atoms with E-state index in [2.05, 4.69) is 0 Å². The largest absolute Gasteiger partial charge is 0.480 e. The van der Waals surface area contributed by atoms with Gasteiger partial charge >= 0.3 is 11.9 Å². The van der Waals surface area contributed by atoms with E-state index >= 15 is 0 Å². The second-order valence-electron chi connectivity index (χ2n) is 7.39. The molecule has 0 unspecified atom stereocenters. The number of rotatable bonds is 7. The maximum absolute atomic E-state index is 13.5. The number of aromatic nitrogens is 1. The zero-order valence-corrected chi connectivity index (χ0v) is 19.6. The quantitative estimate of drug-likeness (QED) is 0.189. The van der Waals surface area contributed by atoms with E-state index < -0.39 is 11.9 Å². The van der Waals surface area contributed by atoms with Gasteiger partial charge in [-0.2, -0.15) is 5.26 Å². The van der Waals surface area contributed by atoms with Gasteiger partial charge in [0, 0.05) is 27.7 Å². The van der Waals surface area contributed by atoms with Crippen LogP contribution in [0.4, 0.5) is 5.69 Å². The van der Waals surface area contributed by atoms with E-state index in [0.717, 1.165) is 5.06 Å². The fourth-order valence-electron chi connectivity index (χ4n) is 3.50. The molecule has 35 heavy (non-hydrogen) atoms. The van der Waals surface area contributed by atoms with Crippen molar-refractivity contribution in [2.24, 2.45) is 0 Å². The standard InChI is InChI=1S/C26H17Cl2N3O4/c27-19-10-11-24(22(28)13-19)35-31(20-6-2-1-3-7-20)26(34)17(14-29)12-18-15-30(16-25(32)33)23-9-5-4-8-21(18)23/h1-13,15H,16H2,(H,32,33). The number of para-hydroxylation sites is 2. The number of hydrogen-bond donors (Lipinski definition) is 1. The lowest BCUT2D eigenvalue weighted by Crippen LogP contribution is -2.35. The van der Waals surface area contributed by atoms with E-state index in [4.69, 9.17) is 28.0 Å². The molecule has 4 aromatic rings. The third-order valence-corrected chi connectivity index (χ3v) is 5.56. The molecular formula is C26H17Cl2N3O4. The molecule has 3 aromatic carbocycles. The highest BCUT2D eigenvalue weighted by Gasteiger charge is 2.24. The van der Waals surface area contributed by atoms with Gasteiger partial charge in [-0.25, -0.2) is 0 Å². The smallest absolute Gasteiger partial charge is 0.323 e. The second kappa shape index (κ2) is 10.3. The number of carboxylic acid groups (broad SMARTS) is 1. The van der Waals surface area contributed by atoms with Crippen LogP contribution in [0.15, 0.2) is 84.6 Å². The average molecular weight is 506 g/mol. The van der Waals surface area contributed by atoms with Gasteiger partial charge in [-0.3, -0.25) is 9.59 Å². The van der Waals surface area contributed by atoms with Crippen LogP contribution in [0.3, 0.4) is 0 Å². The molecule has 1 heterocycles. The molecule has 1 aromatic heterocycles. The molecule has 0 fully saturated rings. The number of amides is 1. The molecule has 174 valence electrons. The lowest BCUT2D eigenvalue weighted by Gasteiger charge is -2.22. The number of aliphatic carboxylic acids is 1. The molecule has 0 aliphatic heterocycles. The Balaban J connectivity index is 1.77. The first-order valence-corrected chi connectivity index (χ1v) is 11.1. The molecule has 0 radical (unpaired) electrons. The number of fused-ring (bicyclic) bond motifs is 1. The summed E-state index contributed by atoms with van der Waals surface area (Å²) in [6.45, 7) is -0.265. The van der Waals surface area contributed by atoms with Gasteiger partial charge in [0.05, 0.1) is 10.7 Å². The maximum atomic E-state index is 13.5. The maximum Gasteiger partial charge on any atom is 0.323 e. The predicted molar refractivity (Wildman–Crippen MR) is 134 cm³/mol. The number of hydroxylamine groups is 1. The highest BCUT2D eigenvalue weighted by atomic mass is 35.5. The number of nitriles is 1. The second-order valence-corrected chi connectivity index (χ2v) is 8.24. The molecule has 0 saturated carbocycles. The van der Waals surface area contributed by atoms with Crippen LogP contribution in [0, 0.1) is 11.3 Å². The van der Waals surface area contributed by atoms with Gasteiger partial charge in [0.25, 0.3) is 0 Å². The lowest BCUT2D eigenvalue weighted by molar-refractivity contribution is -0.137. The van der Waals surface area contributed by atoms with Crippen molar-refractivity contribution < 1.29 is 19.5 Å². The van der Waals surface area contributed by atoms with Crippen LogP contribution in [-0.4, -0.2) is 21.6 Å². The zero-order valence-electron chi connectivity index (χ0n) is 18.1. The number of benzene rings is 3. The van der Waals surface area contributed by atoms with Crippen LogP contribution in [0.5, 0.6) is 5.75 Å². The Labute approximate surface area is 210 Å². The highest BCUT2D eigenvalue weighted by molar-refractivity contribution is 6.35. The molecule has 4 rings (SSSR count). The van der Waals surface area contributed by atoms with Gasteiger partial charge in [-0.05, 0) is 42.5 Å². The SMILES string of the molecule is N#CC(=Cc1cn(CC(=O)O)c2ccccc12)C(=O)N(Oc1ccc(Cl)cc1Cl)c1ccccc1. The fourth-order valence-corrected chi connectivity index (χ4v) is 3.94. The van der Waals surface area contributed by atoms with Crippen molar-refractivity contribution in [2.45, 2.75) is 6.54 Å². The van der Waals surface area contributed by atoms with Crippen molar-refractivity contribution in [2.75, 3.05) is 5.06 Å². The molecule has 1 amide bonds. The molecule has 0 atom stereocenters. The Morgan fingerprint density at radius 2 is 1.77 bits per heavy atom. The van der Waals surface area contributed by atoms with Crippen LogP contribution in [0.1, 0.15) is 5.56 Å². The number of carbonyl (C=O) groups is 2. The van der Waals surface area contributed by atoms with E-state index in [-0.39, 0.29) is 22.9 Å². The average Bonchev–Trinajstić information content (AvgIpc) is 3.18. The molecule has 0 aliphatic rings. The van der Waals surface area contributed by atoms with Crippen molar-refractivity contribution in [3.05, 3.63) is 100 Å². The van der Waals surface area contributed by atoms with E-state index in [0.29, 0.717) is 27.2 Å². The van der Waals surface area contributed by atoms with Gasteiger partial charge < -0.3 is 14.5 Å². The van der Waals surface area contributed by atoms with Gasteiger partial charge in [0.1, 0.15) is 18.2 Å². The minimum Gasteiger partial charge on any atom is -0.480 e. The summed E-state index contributed by atoms with van der Waals surface area (Å²) >= 11 is 12.2. The van der Waals surface area contributed by atoms with Crippen molar-refractivity contribution in [3.8, 4) is 11.8 Å². The van der Waals surface area contributed by atoms with Crippen molar-refractivity contribution in [1.82, 2.24) is 4.57 Å². The number of carboxylic acids is 1. The molecule has 0 aliphatic carbocycles. The topological polar surface area (TPSA) is 95.6 Å². The Kier molecular flexibility index (Phi) is 7.06. The van der Waals surface area contributed by atoms with Gasteiger partial charge in [0.2, 0.25) is 0 Å². The monoisotopic (exact) mass is 505 g/mol. The third-order valence-electron chi connectivity index (χ3n) is 5.03. The Morgan fingerprint density at radius 1 is 1.06 bits per heavy atom. The highest BCUT2D eigenvalue weighted by Crippen LogP contribution is 2.31. The van der Waals surface area contributed by atoms with E-state index in [1.165, 1.54) is 18.2 Å². The van der Waals surface area contributed by atoms with Crippen LogP contribution in [0.25, 0.3) is 17.0 Å². The summed E-state index contributed by atoms with van der Waals surface area (Å²) in [5.74, 6) is -1.58. The van der Waals surface area contributed by atoms with E-state index in [1.54, 1.807) is 71.4 Å². The van der Waals surface area contributed by atoms with Crippen LogP contribution in [0.2, 0.25) is 10.0 Å². The molecule has 0 spiro atoms. The number of nitrogens with zero attached hydrogens (tertiary/aromatic N) is 3. The number of carbonyl (C=O) groups excluding carboxylic acids is 1. The predicted octanol–water partition coefficient (Wildman–Crippen LogP) is 5.97. The molecule has 0 saturated heterocycles. The van der Waals surface area contributed by atoms with Crippen molar-refractivity contribution >= 4 is 57.7 Å². The van der Waals surface area contributed by atoms with Gasteiger partial charge in [-0.15, -0.1) is 5.06 Å². The zero-order chi connectivity index (χ0) is 24.9. The number of halogens is 2. The third kappa shape index (κ3) is 5.30. The molecule has 7 nitrogen and oxygen atoms in total. The van der Waals surface area contributed by atoms with Crippen molar-refractivity contribution in [3.63, 3.8) is 0 Å². The van der Waals surface area contributed by atoms with Gasteiger partial charge in [-0.1, -0.05) is 59.6 Å². The summed E-state index contributed by atoms with van der Waals surface area (Å²) in [6, 6.07) is 22.1. The van der Waals surface area contributed by atoms with Crippen LogP contribution in [-0.2, 0) is 16.1 Å². The first-order chi connectivity index (χ1) is 16.9. The van der Waals surface area contributed by atoms with Gasteiger partial charge in [0.15, 0.2) is 5.75 Å². The summed E-state index contributed by atoms with van der Waals surface area (Å²) in [5, 5.41) is 21.4. The first-order valence-electron chi connectivity index (χ1n) is 10.3. The minimum absolute atomic E-state index is 0.170. The summed E-state index contributed by atoms with van der Waals surface area (Å²) < 4.78 is 1.54. The number of anilines is 1. The first kappa shape index (κ1) is 23.9. The Morgan fingerprint density at radius 3 is 2.46 bits per heavy atom. The summed E-state index contributed by atoms with van der Waals surface area (Å²) in [4.78, 5) is 30.6. The molecule has 0 bridgehead atoms. The summed E-state index contributed by atoms with van der Waals surface area (Å²) in [7, 11) is 0. The van der Waals surface area contributed by atoms with Crippen LogP contribution < -0.4 is 9.90 Å². The van der Waals surface area contributed by atoms with E-state index in [1.807, 2.05) is 6.07 Å². The minimum atomic E-state index is -1.01. The van der Waals surface area contributed by atoms with Crippen molar-refractivity contribution in [1.29, 1.82) is 5.26 Å². The Hall–Kier alpha value is -4.25. The summed E-state index contributed by atoms with van der Waals surface area (Å²) in [5.41, 5.74) is 1.33. The van der Waals surface area contributed by atoms with E-state index in [9.17, 15) is 20.0 Å². The summed E-state index contributed by atoms with van der Waals surface area (Å²) in [6.07, 6.45) is 3.00. The lowest BCUT2D eigenvalue weighted by atomic mass is 10.1.